The van der Waals surface area contributed by atoms with E-state index in [1.54, 1.807) is 13.8 Å². The third-order valence-corrected chi connectivity index (χ3v) is 5.34. The zero-order valence-electron chi connectivity index (χ0n) is 21.0. The SMILES string of the molecule is CC(C)CC(NC(=O)C(CCC(=O)O)NC(=O)C(CC(=O)O)NC(=O)C(N)Cc1ccc(O)cc1)C(=O)O. The van der Waals surface area contributed by atoms with Crippen LogP contribution in [0.2, 0.25) is 0 Å². The predicted molar refractivity (Wildman–Crippen MR) is 132 cm³/mol. The molecule has 14 nitrogen and oxygen atoms in total. The summed E-state index contributed by atoms with van der Waals surface area (Å²) in [4.78, 5) is 72.1. The van der Waals surface area contributed by atoms with E-state index in [0.29, 0.717) is 5.56 Å². The Hall–Kier alpha value is -4.20. The molecule has 0 heterocycles. The highest BCUT2D eigenvalue weighted by atomic mass is 16.4. The first-order valence-corrected chi connectivity index (χ1v) is 11.8. The Labute approximate surface area is 218 Å². The summed E-state index contributed by atoms with van der Waals surface area (Å²) >= 11 is 0. The maximum Gasteiger partial charge on any atom is 0.326 e. The van der Waals surface area contributed by atoms with Crippen molar-refractivity contribution in [3.05, 3.63) is 29.8 Å². The van der Waals surface area contributed by atoms with Crippen molar-refractivity contribution >= 4 is 35.6 Å². The number of amides is 3. The second-order valence-corrected chi connectivity index (χ2v) is 9.16. The standard InChI is InChI=1S/C24H34N4O10/c1-12(2)9-18(24(37)38)28-22(35)16(7-8-19(30)31)26-23(36)17(11-20(32)33)27-21(34)15(25)10-13-3-5-14(29)6-4-13/h3-6,12,15-18,29H,7-11,25H2,1-2H3,(H,26,36)(H,27,34)(H,28,35)(H,30,31)(H,32,33)(H,37,38). The fraction of sp³-hybridized carbons (Fsp3) is 0.500. The molecule has 0 bridgehead atoms. The van der Waals surface area contributed by atoms with Crippen molar-refractivity contribution in [2.24, 2.45) is 11.7 Å². The van der Waals surface area contributed by atoms with Crippen molar-refractivity contribution in [2.75, 3.05) is 0 Å². The van der Waals surface area contributed by atoms with Crippen molar-refractivity contribution in [1.29, 1.82) is 0 Å². The number of rotatable bonds is 16. The van der Waals surface area contributed by atoms with Crippen LogP contribution in [0.4, 0.5) is 0 Å². The van der Waals surface area contributed by atoms with Crippen LogP contribution in [0.15, 0.2) is 24.3 Å². The van der Waals surface area contributed by atoms with Gasteiger partial charge in [-0.2, -0.15) is 0 Å². The zero-order chi connectivity index (χ0) is 29.0. The van der Waals surface area contributed by atoms with Crippen LogP contribution in [0, 0.1) is 5.92 Å². The van der Waals surface area contributed by atoms with Crippen LogP contribution < -0.4 is 21.7 Å². The molecule has 0 fully saturated rings. The Kier molecular flexibility index (Phi) is 12.7. The number of carbonyl (C=O) groups is 6. The van der Waals surface area contributed by atoms with Crippen LogP contribution in [0.5, 0.6) is 5.75 Å². The molecule has 0 aliphatic rings. The fourth-order valence-electron chi connectivity index (χ4n) is 3.42. The number of phenols is 1. The molecule has 1 rings (SSSR count). The largest absolute Gasteiger partial charge is 0.508 e. The second-order valence-electron chi connectivity index (χ2n) is 9.16. The molecule has 0 saturated heterocycles. The molecule has 9 N–H and O–H groups in total. The van der Waals surface area contributed by atoms with Crippen LogP contribution in [0.3, 0.4) is 0 Å². The quantitative estimate of drug-likeness (QED) is 0.129. The number of carboxylic acids is 3. The van der Waals surface area contributed by atoms with Gasteiger partial charge in [0.1, 0.15) is 23.9 Å². The maximum absolute atomic E-state index is 12.9. The van der Waals surface area contributed by atoms with Crippen LogP contribution in [-0.2, 0) is 35.2 Å². The van der Waals surface area contributed by atoms with E-state index in [1.807, 2.05) is 0 Å². The minimum Gasteiger partial charge on any atom is -0.508 e. The molecule has 3 amide bonds. The molecule has 0 aromatic heterocycles. The Morgan fingerprint density at radius 3 is 1.82 bits per heavy atom. The highest BCUT2D eigenvalue weighted by Gasteiger charge is 2.32. The number of aromatic hydroxyl groups is 1. The number of aliphatic carboxylic acids is 3. The fourth-order valence-corrected chi connectivity index (χ4v) is 3.42. The highest BCUT2D eigenvalue weighted by Crippen LogP contribution is 2.11. The summed E-state index contributed by atoms with van der Waals surface area (Å²) < 4.78 is 0. The number of benzene rings is 1. The van der Waals surface area contributed by atoms with E-state index >= 15 is 0 Å². The topological polar surface area (TPSA) is 245 Å². The molecule has 1 aromatic rings. The minimum atomic E-state index is -1.67. The minimum absolute atomic E-state index is 0.00357. The Balaban J connectivity index is 3.01. The number of phenolic OH excluding ortho intramolecular Hbond substituents is 1. The summed E-state index contributed by atoms with van der Waals surface area (Å²) in [5.74, 6) is -7.11. The Morgan fingerprint density at radius 1 is 0.789 bits per heavy atom. The summed E-state index contributed by atoms with van der Waals surface area (Å²) in [5.41, 5.74) is 6.47. The van der Waals surface area contributed by atoms with Gasteiger partial charge in [-0.05, 0) is 42.9 Å². The van der Waals surface area contributed by atoms with Gasteiger partial charge in [-0.25, -0.2) is 4.79 Å². The Bertz CT molecular complexity index is 1010. The van der Waals surface area contributed by atoms with E-state index in [1.165, 1.54) is 24.3 Å². The molecule has 38 heavy (non-hydrogen) atoms. The van der Waals surface area contributed by atoms with Gasteiger partial charge in [0.05, 0.1) is 12.5 Å². The number of nitrogens with one attached hydrogen (secondary N) is 3. The smallest absolute Gasteiger partial charge is 0.326 e. The van der Waals surface area contributed by atoms with Crippen molar-refractivity contribution < 1.29 is 49.2 Å². The van der Waals surface area contributed by atoms with Gasteiger partial charge in [-0.15, -0.1) is 0 Å². The molecule has 0 radical (unpaired) electrons. The highest BCUT2D eigenvalue weighted by molar-refractivity contribution is 5.95. The first-order chi connectivity index (χ1) is 17.7. The molecule has 0 spiro atoms. The van der Waals surface area contributed by atoms with Gasteiger partial charge < -0.3 is 42.1 Å². The molecule has 210 valence electrons. The van der Waals surface area contributed by atoms with Gasteiger partial charge in [0.2, 0.25) is 17.7 Å². The summed E-state index contributed by atoms with van der Waals surface area (Å²) in [6.07, 6.45) is -1.79. The van der Waals surface area contributed by atoms with Gasteiger partial charge in [0.15, 0.2) is 0 Å². The second kappa shape index (κ2) is 15.1. The average molecular weight is 539 g/mol. The zero-order valence-corrected chi connectivity index (χ0v) is 21.0. The lowest BCUT2D eigenvalue weighted by Gasteiger charge is -2.25. The van der Waals surface area contributed by atoms with Crippen molar-refractivity contribution in [3.63, 3.8) is 0 Å². The van der Waals surface area contributed by atoms with E-state index < -0.39 is 79.1 Å². The summed E-state index contributed by atoms with van der Waals surface area (Å²) in [7, 11) is 0. The van der Waals surface area contributed by atoms with Crippen molar-refractivity contribution in [2.45, 2.75) is 70.1 Å². The van der Waals surface area contributed by atoms with Crippen LogP contribution in [0.25, 0.3) is 0 Å². The van der Waals surface area contributed by atoms with E-state index in [-0.39, 0.29) is 24.5 Å². The third kappa shape index (κ3) is 11.7. The molecule has 4 unspecified atom stereocenters. The first-order valence-electron chi connectivity index (χ1n) is 11.8. The number of carboxylic acid groups (broad SMARTS) is 3. The summed E-state index contributed by atoms with van der Waals surface area (Å²) in [5, 5.41) is 43.7. The summed E-state index contributed by atoms with van der Waals surface area (Å²) in [6, 6.07) is 0.140. The average Bonchev–Trinajstić information content (AvgIpc) is 2.81. The normalized spacial score (nSPS) is 14.0. The van der Waals surface area contributed by atoms with Gasteiger partial charge in [0, 0.05) is 6.42 Å². The number of carbonyl (C=O) groups excluding carboxylic acids is 3. The maximum atomic E-state index is 12.9. The van der Waals surface area contributed by atoms with E-state index in [0.717, 1.165) is 0 Å². The molecule has 0 aliphatic carbocycles. The number of hydrogen-bond acceptors (Lipinski definition) is 8. The lowest BCUT2D eigenvalue weighted by molar-refractivity contribution is -0.144. The van der Waals surface area contributed by atoms with Crippen LogP contribution in [-0.4, -0.2) is 80.2 Å². The first kappa shape index (κ1) is 31.8. The summed E-state index contributed by atoms with van der Waals surface area (Å²) in [6.45, 7) is 3.47. The number of hydrogen-bond donors (Lipinski definition) is 8. The van der Waals surface area contributed by atoms with E-state index in [2.05, 4.69) is 16.0 Å². The lowest BCUT2D eigenvalue weighted by Crippen LogP contribution is -2.57. The van der Waals surface area contributed by atoms with Gasteiger partial charge in [-0.1, -0.05) is 26.0 Å². The molecular formula is C24H34N4O10. The molecule has 0 aliphatic heterocycles. The van der Waals surface area contributed by atoms with Gasteiger partial charge in [0.25, 0.3) is 0 Å². The van der Waals surface area contributed by atoms with E-state index in [9.17, 15) is 44.1 Å². The van der Waals surface area contributed by atoms with Crippen LogP contribution in [0.1, 0.15) is 45.1 Å². The molecular weight excluding hydrogens is 504 g/mol. The molecule has 4 atom stereocenters. The van der Waals surface area contributed by atoms with E-state index in [4.69, 9.17) is 10.8 Å². The predicted octanol–water partition coefficient (Wildman–Crippen LogP) is -0.813. The van der Waals surface area contributed by atoms with Gasteiger partial charge >= 0.3 is 17.9 Å². The molecule has 1 aromatic carbocycles. The lowest BCUT2D eigenvalue weighted by atomic mass is 10.0. The monoisotopic (exact) mass is 538 g/mol. The molecule has 14 heteroatoms. The number of nitrogens with two attached hydrogens (primary N) is 1. The van der Waals surface area contributed by atoms with Gasteiger partial charge in [-0.3, -0.25) is 24.0 Å². The van der Waals surface area contributed by atoms with Crippen molar-refractivity contribution in [1.82, 2.24) is 16.0 Å². The molecule has 0 saturated carbocycles. The van der Waals surface area contributed by atoms with Crippen LogP contribution >= 0.6 is 0 Å². The Morgan fingerprint density at radius 2 is 1.32 bits per heavy atom. The third-order valence-electron chi connectivity index (χ3n) is 5.34. The van der Waals surface area contributed by atoms with Crippen molar-refractivity contribution in [3.8, 4) is 5.75 Å².